The van der Waals surface area contributed by atoms with Crippen molar-refractivity contribution in [2.45, 2.75) is 25.9 Å². The predicted octanol–water partition coefficient (Wildman–Crippen LogP) is 3.48. The molecule has 3 aromatic rings. The second-order valence-electron chi connectivity index (χ2n) is 7.77. The van der Waals surface area contributed by atoms with Gasteiger partial charge in [-0.1, -0.05) is 60.7 Å². The number of nitrogens with zero attached hydrogens (tertiary/aromatic N) is 1. The molecule has 188 valence electrons. The zero-order valence-corrected chi connectivity index (χ0v) is 20.3. The molecule has 3 rings (SSSR count). The van der Waals surface area contributed by atoms with Crippen LogP contribution in [0.2, 0.25) is 0 Å². The monoisotopic (exact) mass is 492 g/mol. The summed E-state index contributed by atoms with van der Waals surface area (Å²) in [5.74, 6) is -1.84. The molecular weight excluding hydrogens is 464 g/mol. The highest BCUT2D eigenvalue weighted by atomic mass is 16.7. The lowest BCUT2D eigenvalue weighted by molar-refractivity contribution is -0.148. The van der Waals surface area contributed by atoms with E-state index in [0.717, 1.165) is 11.1 Å². The summed E-state index contributed by atoms with van der Waals surface area (Å²) in [5.41, 5.74) is 1.88. The first kappa shape index (κ1) is 26.2. The zero-order valence-electron chi connectivity index (χ0n) is 20.3. The van der Waals surface area contributed by atoms with Gasteiger partial charge in [0.1, 0.15) is 12.6 Å². The molecular formula is C27H28N2O7. The number of hydrogen-bond acceptors (Lipinski definition) is 8. The molecule has 0 saturated carbocycles. The van der Waals surface area contributed by atoms with Crippen molar-refractivity contribution in [3.05, 3.63) is 89.7 Å². The second-order valence-corrected chi connectivity index (χ2v) is 7.77. The summed E-state index contributed by atoms with van der Waals surface area (Å²) in [5, 5.41) is 2.49. The Labute approximate surface area is 209 Å². The Morgan fingerprint density at radius 3 is 2.11 bits per heavy atom. The van der Waals surface area contributed by atoms with Crippen LogP contribution in [-0.2, 0) is 19.1 Å². The topological polar surface area (TPSA) is 113 Å². The van der Waals surface area contributed by atoms with Crippen LogP contribution in [0.5, 0.6) is 11.5 Å². The number of nitrogens with one attached hydrogen (secondary N) is 1. The molecule has 0 spiro atoms. The molecule has 0 aliphatic carbocycles. The van der Waals surface area contributed by atoms with Crippen LogP contribution >= 0.6 is 0 Å². The minimum absolute atomic E-state index is 0.0197. The highest BCUT2D eigenvalue weighted by molar-refractivity contribution is 5.97. The fourth-order valence-corrected chi connectivity index (χ4v) is 3.67. The number of carbonyl (C=O) groups is 3. The molecule has 0 radical (unpaired) electrons. The molecule has 1 unspecified atom stereocenters. The minimum Gasteiger partial charge on any atom is -0.493 e. The van der Waals surface area contributed by atoms with Crippen LogP contribution in [0.15, 0.2) is 72.9 Å². The molecule has 36 heavy (non-hydrogen) atoms. The Hall–Kier alpha value is -4.40. The first-order valence-electron chi connectivity index (χ1n) is 11.3. The van der Waals surface area contributed by atoms with Crippen molar-refractivity contribution in [2.24, 2.45) is 0 Å². The lowest BCUT2D eigenvalue weighted by Gasteiger charge is -2.25. The Bertz CT molecular complexity index is 1130. The molecule has 0 saturated heterocycles. The Kier molecular flexibility index (Phi) is 9.39. The molecule has 0 fully saturated rings. The van der Waals surface area contributed by atoms with Gasteiger partial charge >= 0.3 is 11.9 Å². The number of carbonyl (C=O) groups excluding carboxylic acids is 3. The zero-order chi connectivity index (χ0) is 25.9. The van der Waals surface area contributed by atoms with Gasteiger partial charge in [-0.25, -0.2) is 4.98 Å². The summed E-state index contributed by atoms with van der Waals surface area (Å²) in [4.78, 5) is 40.5. The highest BCUT2D eigenvalue weighted by Crippen LogP contribution is 2.30. The van der Waals surface area contributed by atoms with Crippen LogP contribution < -0.4 is 14.8 Å². The molecule has 1 atom stereocenters. The van der Waals surface area contributed by atoms with E-state index in [1.165, 1.54) is 26.3 Å². The van der Waals surface area contributed by atoms with Crippen LogP contribution in [0.4, 0.5) is 0 Å². The fourth-order valence-electron chi connectivity index (χ4n) is 3.67. The smallest absolute Gasteiger partial charge is 0.325 e. The molecule has 2 aromatic carbocycles. The van der Waals surface area contributed by atoms with Crippen molar-refractivity contribution >= 4 is 17.8 Å². The van der Waals surface area contributed by atoms with Crippen molar-refractivity contribution in [3.63, 3.8) is 0 Å². The third kappa shape index (κ3) is 7.05. The Morgan fingerprint density at radius 2 is 1.56 bits per heavy atom. The number of amides is 1. The number of pyridine rings is 1. The number of rotatable bonds is 11. The summed E-state index contributed by atoms with van der Waals surface area (Å²) in [6.45, 7) is 2.22. The minimum atomic E-state index is -0.681. The summed E-state index contributed by atoms with van der Waals surface area (Å²) >= 11 is 0. The van der Waals surface area contributed by atoms with Crippen LogP contribution in [0, 0.1) is 0 Å². The third-order valence-electron chi connectivity index (χ3n) is 5.27. The second kappa shape index (κ2) is 12.9. The Morgan fingerprint density at radius 1 is 0.944 bits per heavy atom. The summed E-state index contributed by atoms with van der Waals surface area (Å²) < 4.78 is 21.0. The van der Waals surface area contributed by atoms with E-state index >= 15 is 0 Å². The maximum absolute atomic E-state index is 12.8. The van der Waals surface area contributed by atoms with Gasteiger partial charge in [0.15, 0.2) is 17.2 Å². The average Bonchev–Trinajstić information content (AvgIpc) is 2.88. The summed E-state index contributed by atoms with van der Waals surface area (Å²) in [7, 11) is 1.39. The third-order valence-corrected chi connectivity index (χ3v) is 5.27. The lowest BCUT2D eigenvalue weighted by Crippen LogP contribution is -2.34. The first-order valence-corrected chi connectivity index (χ1v) is 11.3. The number of esters is 2. The van der Waals surface area contributed by atoms with E-state index in [4.69, 9.17) is 18.9 Å². The van der Waals surface area contributed by atoms with E-state index in [2.05, 4.69) is 10.3 Å². The molecule has 9 heteroatoms. The molecule has 1 N–H and O–H groups in total. The van der Waals surface area contributed by atoms with Gasteiger partial charge in [-0.15, -0.1) is 0 Å². The van der Waals surface area contributed by atoms with Crippen LogP contribution in [0.1, 0.15) is 41.4 Å². The van der Waals surface area contributed by atoms with E-state index in [9.17, 15) is 14.4 Å². The fraction of sp³-hybridized carbons (Fsp3) is 0.259. The number of methoxy groups -OCH3 is 1. The van der Waals surface area contributed by atoms with Gasteiger partial charge in [-0.05, 0) is 18.1 Å². The molecule has 0 aliphatic rings. The molecule has 1 amide bonds. The Balaban J connectivity index is 1.67. The van der Waals surface area contributed by atoms with Crippen molar-refractivity contribution in [3.8, 4) is 11.5 Å². The maximum atomic E-state index is 12.8. The van der Waals surface area contributed by atoms with Crippen LogP contribution in [0.25, 0.3) is 0 Å². The average molecular weight is 493 g/mol. The standard InChI is InChI=1S/C27H28N2O7/c1-18(24(20-10-6-4-7-11-20)21-12-8-5-9-13-21)36-23(31)16-29-27(32)25-26(35-17-34-19(2)30)22(33-3)14-15-28-25/h4-15,18,24H,16-17H2,1-3H3,(H,29,32). The highest BCUT2D eigenvalue weighted by Gasteiger charge is 2.25. The van der Waals surface area contributed by atoms with Gasteiger partial charge < -0.3 is 24.3 Å². The predicted molar refractivity (Wildman–Crippen MR) is 131 cm³/mol. The SMILES string of the molecule is COc1ccnc(C(=O)NCC(=O)OC(C)C(c2ccccc2)c2ccccc2)c1OCOC(C)=O. The van der Waals surface area contributed by atoms with Crippen LogP contribution in [-0.4, -0.2) is 49.4 Å². The quantitative estimate of drug-likeness (QED) is 0.320. The van der Waals surface area contributed by atoms with Crippen molar-refractivity contribution in [1.82, 2.24) is 10.3 Å². The lowest BCUT2D eigenvalue weighted by atomic mass is 9.87. The molecule has 0 bridgehead atoms. The number of ether oxygens (including phenoxy) is 4. The van der Waals surface area contributed by atoms with E-state index in [-0.39, 0.29) is 29.7 Å². The van der Waals surface area contributed by atoms with Crippen molar-refractivity contribution < 1.29 is 33.3 Å². The van der Waals surface area contributed by atoms with E-state index in [0.29, 0.717) is 0 Å². The van der Waals surface area contributed by atoms with Crippen LogP contribution in [0.3, 0.4) is 0 Å². The van der Waals surface area contributed by atoms with Gasteiger partial charge in [-0.3, -0.25) is 14.4 Å². The maximum Gasteiger partial charge on any atom is 0.325 e. The molecule has 1 aromatic heterocycles. The van der Waals surface area contributed by atoms with Crippen molar-refractivity contribution in [1.29, 1.82) is 0 Å². The number of aromatic nitrogens is 1. The molecule has 1 heterocycles. The van der Waals surface area contributed by atoms with Gasteiger partial charge in [0.2, 0.25) is 6.79 Å². The van der Waals surface area contributed by atoms with Gasteiger partial charge in [0.25, 0.3) is 5.91 Å². The normalized spacial score (nSPS) is 11.3. The van der Waals surface area contributed by atoms with E-state index < -0.39 is 30.7 Å². The van der Waals surface area contributed by atoms with Gasteiger partial charge in [0, 0.05) is 25.1 Å². The molecule has 0 aliphatic heterocycles. The first-order chi connectivity index (χ1) is 17.4. The number of benzene rings is 2. The van der Waals surface area contributed by atoms with Gasteiger partial charge in [-0.2, -0.15) is 0 Å². The van der Waals surface area contributed by atoms with E-state index in [1.54, 1.807) is 0 Å². The van der Waals surface area contributed by atoms with E-state index in [1.807, 2.05) is 67.6 Å². The van der Waals surface area contributed by atoms with Gasteiger partial charge in [0.05, 0.1) is 7.11 Å². The summed E-state index contributed by atoms with van der Waals surface area (Å²) in [6, 6.07) is 21.0. The number of hydrogen-bond donors (Lipinski definition) is 1. The molecule has 9 nitrogen and oxygen atoms in total. The summed E-state index contributed by atoms with van der Waals surface area (Å²) in [6.07, 6.45) is 0.855. The van der Waals surface area contributed by atoms with Crippen molar-refractivity contribution in [2.75, 3.05) is 20.4 Å². The largest absolute Gasteiger partial charge is 0.493 e.